The summed E-state index contributed by atoms with van der Waals surface area (Å²) in [5.74, 6) is -0.260. The molecule has 0 saturated heterocycles. The monoisotopic (exact) mass is 569 g/mol. The number of carboxylic acid groups (broad SMARTS) is 1. The molecule has 3 unspecified atom stereocenters. The molecule has 2 N–H and O–H groups in total. The molecule has 2 aromatic rings. The van der Waals surface area contributed by atoms with Crippen LogP contribution in [0.15, 0.2) is 60.7 Å². The molecule has 0 aliphatic heterocycles. The van der Waals surface area contributed by atoms with Crippen LogP contribution in [0.4, 0.5) is 0 Å². The first-order valence-corrected chi connectivity index (χ1v) is 15.0. The SMILES string of the molecule is CCN(CC)C(=O)C(C=C=O)(OC)SC(c1ccccc1CCCCCCCCc1ccccc1)C(O)C(=O)O. The minimum atomic E-state index is -1.83. The Bertz CT molecular complexity index is 1100. The average molecular weight is 570 g/mol. The topological polar surface area (TPSA) is 104 Å². The van der Waals surface area contributed by atoms with E-state index in [4.69, 9.17) is 4.74 Å². The maximum Gasteiger partial charge on any atom is 0.334 e. The second kappa shape index (κ2) is 17.7. The van der Waals surface area contributed by atoms with E-state index in [1.807, 2.05) is 18.2 Å². The van der Waals surface area contributed by atoms with E-state index in [1.165, 1.54) is 30.4 Å². The van der Waals surface area contributed by atoms with Crippen molar-refractivity contribution in [1.29, 1.82) is 0 Å². The molecule has 0 aliphatic rings. The number of carbonyl (C=O) groups excluding carboxylic acids is 2. The third kappa shape index (κ3) is 9.63. The van der Waals surface area contributed by atoms with Crippen molar-refractivity contribution in [2.45, 2.75) is 81.5 Å². The molecule has 0 radical (unpaired) electrons. The first-order chi connectivity index (χ1) is 19.3. The van der Waals surface area contributed by atoms with Gasteiger partial charge in [0.1, 0.15) is 5.94 Å². The normalized spacial score (nSPS) is 14.0. The van der Waals surface area contributed by atoms with Crippen LogP contribution in [0.5, 0.6) is 0 Å². The lowest BCUT2D eigenvalue weighted by atomic mass is 9.96. The van der Waals surface area contributed by atoms with E-state index in [-0.39, 0.29) is 0 Å². The first-order valence-electron chi connectivity index (χ1n) is 14.1. The number of carboxylic acids is 1. The van der Waals surface area contributed by atoms with Crippen LogP contribution in [-0.2, 0) is 32.0 Å². The summed E-state index contributed by atoms with van der Waals surface area (Å²) >= 11 is 0.821. The standard InChI is InChI=1S/C32H43NO6S/c1-4-33(5-2)31(38)32(39-3,23-24-34)40-29(28(35)30(36)37)27-22-16-15-21-26(27)20-14-9-7-6-8-11-17-25-18-12-10-13-19-25/h10,12-13,15-16,18-19,21-23,28-29,35H,4-9,11,14,17,20H2,1-3H3,(H,36,37). The highest BCUT2D eigenvalue weighted by Crippen LogP contribution is 2.44. The number of aliphatic carboxylic acids is 1. The lowest BCUT2D eigenvalue weighted by molar-refractivity contribution is -0.147. The minimum absolute atomic E-state index is 0.378. The molecule has 0 spiro atoms. The Morgan fingerprint density at radius 1 is 0.950 bits per heavy atom. The van der Waals surface area contributed by atoms with Gasteiger partial charge in [-0.1, -0.05) is 80.3 Å². The van der Waals surface area contributed by atoms with Gasteiger partial charge in [0.25, 0.3) is 5.91 Å². The Labute approximate surface area is 242 Å². The van der Waals surface area contributed by atoms with Crippen LogP contribution in [0, 0.1) is 0 Å². The number of ether oxygens (including phenoxy) is 1. The maximum atomic E-state index is 13.4. The summed E-state index contributed by atoms with van der Waals surface area (Å²) < 4.78 is 5.57. The molecule has 7 nitrogen and oxygen atoms in total. The van der Waals surface area contributed by atoms with Gasteiger partial charge in [0.15, 0.2) is 6.10 Å². The van der Waals surface area contributed by atoms with Crippen molar-refractivity contribution in [3.63, 3.8) is 0 Å². The predicted octanol–water partition coefficient (Wildman–Crippen LogP) is 5.63. The summed E-state index contributed by atoms with van der Waals surface area (Å²) in [5.41, 5.74) is 2.88. The number of likely N-dealkylation sites (N-methyl/N-ethyl adjacent to an activating group) is 1. The summed E-state index contributed by atoms with van der Waals surface area (Å²) in [4.78, 5) is 36.6. The number of benzene rings is 2. The molecule has 0 aliphatic carbocycles. The van der Waals surface area contributed by atoms with Gasteiger partial charge < -0.3 is 19.8 Å². The van der Waals surface area contributed by atoms with E-state index < -0.39 is 28.2 Å². The summed E-state index contributed by atoms with van der Waals surface area (Å²) in [6, 6.07) is 17.9. The zero-order chi connectivity index (χ0) is 29.4. The third-order valence-corrected chi connectivity index (χ3v) is 8.68. The Morgan fingerprint density at radius 3 is 2.10 bits per heavy atom. The van der Waals surface area contributed by atoms with Gasteiger partial charge >= 0.3 is 5.97 Å². The van der Waals surface area contributed by atoms with Gasteiger partial charge in [0, 0.05) is 20.2 Å². The number of nitrogens with zero attached hydrogens (tertiary/aromatic N) is 1. The summed E-state index contributed by atoms with van der Waals surface area (Å²) in [6.45, 7) is 4.37. The van der Waals surface area contributed by atoms with Gasteiger partial charge in [-0.2, -0.15) is 0 Å². The number of unbranched alkanes of at least 4 members (excludes halogenated alkanes) is 5. The number of methoxy groups -OCH3 is 1. The molecule has 3 atom stereocenters. The second-order valence-corrected chi connectivity index (χ2v) is 11.1. The zero-order valence-corrected chi connectivity index (χ0v) is 24.7. The van der Waals surface area contributed by atoms with E-state index >= 15 is 0 Å². The highest BCUT2D eigenvalue weighted by molar-refractivity contribution is 8.01. The van der Waals surface area contributed by atoms with Crippen LogP contribution >= 0.6 is 11.8 Å². The zero-order valence-electron chi connectivity index (χ0n) is 23.9. The minimum Gasteiger partial charge on any atom is -0.479 e. The van der Waals surface area contributed by atoms with E-state index in [2.05, 4.69) is 24.3 Å². The van der Waals surface area contributed by atoms with Gasteiger partial charge in [0.2, 0.25) is 4.93 Å². The second-order valence-electron chi connectivity index (χ2n) is 9.74. The summed E-state index contributed by atoms with van der Waals surface area (Å²) in [6.07, 6.45) is 7.52. The number of aryl methyl sites for hydroxylation is 2. The first kappa shape index (κ1) is 33.3. The lowest BCUT2D eigenvalue weighted by Gasteiger charge is -2.35. The molecule has 0 aromatic heterocycles. The van der Waals surface area contributed by atoms with Crippen LogP contribution in [0.2, 0.25) is 0 Å². The van der Waals surface area contributed by atoms with Crippen LogP contribution in [-0.4, -0.2) is 64.2 Å². The molecule has 40 heavy (non-hydrogen) atoms. The van der Waals surface area contributed by atoms with Crippen LogP contribution in [0.1, 0.15) is 74.3 Å². The Kier molecular flexibility index (Phi) is 14.8. The predicted molar refractivity (Wildman–Crippen MR) is 160 cm³/mol. The highest BCUT2D eigenvalue weighted by atomic mass is 32.2. The van der Waals surface area contributed by atoms with Gasteiger partial charge in [-0.25, -0.2) is 9.59 Å². The molecule has 0 saturated carbocycles. The van der Waals surface area contributed by atoms with Gasteiger partial charge in [-0.05, 0) is 56.2 Å². The van der Waals surface area contributed by atoms with E-state index in [0.29, 0.717) is 25.1 Å². The highest BCUT2D eigenvalue weighted by Gasteiger charge is 2.46. The fourth-order valence-electron chi connectivity index (χ4n) is 4.80. The molecule has 1 amide bonds. The Balaban J connectivity index is 2.12. The molecule has 0 fully saturated rings. The van der Waals surface area contributed by atoms with Crippen molar-refractivity contribution in [3.05, 3.63) is 77.4 Å². The number of thioether (sulfide) groups is 1. The van der Waals surface area contributed by atoms with Crippen molar-refractivity contribution < 1.29 is 29.3 Å². The average Bonchev–Trinajstić information content (AvgIpc) is 2.97. The van der Waals surface area contributed by atoms with E-state index in [9.17, 15) is 24.6 Å². The molecular weight excluding hydrogens is 526 g/mol. The Morgan fingerprint density at radius 2 is 1.52 bits per heavy atom. The fourth-order valence-corrected chi connectivity index (χ4v) is 6.22. The smallest absolute Gasteiger partial charge is 0.334 e. The number of aliphatic hydroxyl groups is 1. The van der Waals surface area contributed by atoms with Gasteiger partial charge in [-0.3, -0.25) is 4.79 Å². The number of hydrogen-bond acceptors (Lipinski definition) is 6. The number of rotatable bonds is 19. The van der Waals surface area contributed by atoms with Crippen molar-refractivity contribution >= 4 is 29.6 Å². The molecule has 8 heteroatoms. The number of amides is 1. The molecule has 2 rings (SSSR count). The quantitative estimate of drug-likeness (QED) is 0.128. The number of aliphatic hydroxyl groups excluding tert-OH is 1. The Hall–Kier alpha value is -2.90. The molecular formula is C32H43NO6S. The number of hydrogen-bond donors (Lipinski definition) is 2. The van der Waals surface area contributed by atoms with E-state index in [1.54, 1.807) is 31.9 Å². The van der Waals surface area contributed by atoms with Crippen LogP contribution in [0.3, 0.4) is 0 Å². The number of carbonyl (C=O) groups is 2. The summed E-state index contributed by atoms with van der Waals surface area (Å²) in [5, 5.41) is 19.5. The largest absolute Gasteiger partial charge is 0.479 e. The van der Waals surface area contributed by atoms with Crippen molar-refractivity contribution in [2.24, 2.45) is 0 Å². The van der Waals surface area contributed by atoms with Crippen LogP contribution in [0.25, 0.3) is 0 Å². The molecule has 218 valence electrons. The van der Waals surface area contributed by atoms with Crippen molar-refractivity contribution in [2.75, 3.05) is 20.2 Å². The van der Waals surface area contributed by atoms with Crippen molar-refractivity contribution in [3.8, 4) is 0 Å². The van der Waals surface area contributed by atoms with Crippen molar-refractivity contribution in [1.82, 2.24) is 4.90 Å². The molecule has 2 aromatic carbocycles. The molecule has 0 bridgehead atoms. The van der Waals surface area contributed by atoms with E-state index in [0.717, 1.165) is 55.5 Å². The third-order valence-electron chi connectivity index (χ3n) is 7.11. The summed E-state index contributed by atoms with van der Waals surface area (Å²) in [7, 11) is 1.29. The fraction of sp³-hybridized carbons (Fsp3) is 0.500. The maximum absolute atomic E-state index is 13.4. The van der Waals surface area contributed by atoms with Gasteiger partial charge in [0.05, 0.1) is 11.3 Å². The molecule has 0 heterocycles. The lowest BCUT2D eigenvalue weighted by Crippen LogP contribution is -2.48. The van der Waals surface area contributed by atoms with Crippen LogP contribution < -0.4 is 0 Å². The van der Waals surface area contributed by atoms with Gasteiger partial charge in [-0.15, -0.1) is 11.8 Å².